The molecule has 0 bridgehead atoms. The van der Waals surface area contributed by atoms with Crippen molar-refractivity contribution < 1.29 is 9.59 Å². The molecule has 5 nitrogen and oxygen atoms in total. The monoisotopic (exact) mass is 301 g/mol. The summed E-state index contributed by atoms with van der Waals surface area (Å²) in [4.78, 5) is 29.9. The van der Waals surface area contributed by atoms with E-state index in [-0.39, 0.29) is 11.8 Å². The first-order valence-electron chi connectivity index (χ1n) is 6.74. The first-order valence-corrected chi connectivity index (χ1v) is 7.72. The van der Waals surface area contributed by atoms with E-state index in [0.29, 0.717) is 17.7 Å². The molecule has 0 atom stereocenters. The van der Waals surface area contributed by atoms with Gasteiger partial charge < -0.3 is 4.57 Å². The van der Waals surface area contributed by atoms with E-state index >= 15 is 0 Å². The van der Waals surface area contributed by atoms with Crippen LogP contribution in [0, 0.1) is 0 Å². The fourth-order valence-electron chi connectivity index (χ4n) is 2.32. The van der Waals surface area contributed by atoms with Gasteiger partial charge in [-0.05, 0) is 18.6 Å². The molecule has 0 fully saturated rings. The third kappa shape index (κ3) is 2.58. The van der Waals surface area contributed by atoms with Gasteiger partial charge in [0.15, 0.2) is 5.16 Å². The molecule has 0 radical (unpaired) electrons. The van der Waals surface area contributed by atoms with Crippen molar-refractivity contribution in [2.45, 2.75) is 11.6 Å². The number of hydrogen-bond acceptors (Lipinski definition) is 4. The third-order valence-corrected chi connectivity index (χ3v) is 4.56. The zero-order chi connectivity index (χ0) is 14.8. The van der Waals surface area contributed by atoms with Gasteiger partial charge in [0.25, 0.3) is 11.8 Å². The van der Waals surface area contributed by atoms with Crippen molar-refractivity contribution in [3.63, 3.8) is 0 Å². The fraction of sp³-hybridized carbons (Fsp3) is 0.267. The summed E-state index contributed by atoms with van der Waals surface area (Å²) >= 11 is 1.63. The van der Waals surface area contributed by atoms with Crippen molar-refractivity contribution in [1.29, 1.82) is 0 Å². The number of imide groups is 1. The highest BCUT2D eigenvalue weighted by Crippen LogP contribution is 2.23. The van der Waals surface area contributed by atoms with E-state index in [0.717, 1.165) is 17.3 Å². The summed E-state index contributed by atoms with van der Waals surface area (Å²) in [5.74, 6) is 0.452. The van der Waals surface area contributed by atoms with Crippen LogP contribution in [0.3, 0.4) is 0 Å². The lowest BCUT2D eigenvalue weighted by Gasteiger charge is -2.13. The number of fused-ring (bicyclic) bond motifs is 1. The quantitative estimate of drug-likeness (QED) is 0.482. The van der Waals surface area contributed by atoms with Crippen molar-refractivity contribution in [2.75, 3.05) is 12.3 Å². The molecule has 1 aromatic heterocycles. The Hall–Kier alpha value is -2.08. The molecule has 108 valence electrons. The average Bonchev–Trinajstić information content (AvgIpc) is 3.00. The summed E-state index contributed by atoms with van der Waals surface area (Å²) in [5, 5.41) is 0.942. The number of aryl methyl sites for hydroxylation is 1. The van der Waals surface area contributed by atoms with Crippen LogP contribution < -0.4 is 0 Å². The third-order valence-electron chi connectivity index (χ3n) is 3.41. The van der Waals surface area contributed by atoms with E-state index < -0.39 is 0 Å². The summed E-state index contributed by atoms with van der Waals surface area (Å²) in [6.07, 6.45) is 4.40. The highest BCUT2D eigenvalue weighted by atomic mass is 32.2. The maximum Gasteiger partial charge on any atom is 0.261 e. The first-order chi connectivity index (χ1) is 10.2. The number of carbonyl (C=O) groups is 2. The fourth-order valence-corrected chi connectivity index (χ4v) is 3.18. The summed E-state index contributed by atoms with van der Waals surface area (Å²) in [6.45, 7) is 0.448. The predicted molar refractivity (Wildman–Crippen MR) is 80.4 cm³/mol. The van der Waals surface area contributed by atoms with Crippen LogP contribution in [0.5, 0.6) is 0 Å². The van der Waals surface area contributed by atoms with Crippen molar-refractivity contribution in [2.24, 2.45) is 7.05 Å². The van der Waals surface area contributed by atoms with Gasteiger partial charge in [-0.25, -0.2) is 4.98 Å². The van der Waals surface area contributed by atoms with Gasteiger partial charge >= 0.3 is 0 Å². The molecule has 0 saturated heterocycles. The molecule has 0 spiro atoms. The normalized spacial score (nSPS) is 13.9. The van der Waals surface area contributed by atoms with Crippen molar-refractivity contribution >= 4 is 23.6 Å². The highest BCUT2D eigenvalue weighted by Gasteiger charge is 2.34. The van der Waals surface area contributed by atoms with E-state index in [1.807, 2.05) is 17.8 Å². The second kappa shape index (κ2) is 5.73. The van der Waals surface area contributed by atoms with Gasteiger partial charge in [0.05, 0.1) is 11.1 Å². The molecular weight excluding hydrogens is 286 g/mol. The Labute approximate surface area is 127 Å². The van der Waals surface area contributed by atoms with E-state index in [1.54, 1.807) is 42.2 Å². The Morgan fingerprint density at radius 3 is 2.38 bits per heavy atom. The van der Waals surface area contributed by atoms with E-state index in [4.69, 9.17) is 0 Å². The summed E-state index contributed by atoms with van der Waals surface area (Å²) in [7, 11) is 1.94. The predicted octanol–water partition coefficient (Wildman–Crippen LogP) is 2.20. The number of benzene rings is 1. The Bertz CT molecular complexity index is 661. The maximum absolute atomic E-state index is 12.2. The lowest BCUT2D eigenvalue weighted by molar-refractivity contribution is 0.0655. The van der Waals surface area contributed by atoms with Gasteiger partial charge in [0.2, 0.25) is 0 Å². The van der Waals surface area contributed by atoms with Crippen molar-refractivity contribution in [1.82, 2.24) is 14.5 Å². The molecule has 1 aliphatic heterocycles. The van der Waals surface area contributed by atoms with Gasteiger partial charge in [-0.2, -0.15) is 0 Å². The van der Waals surface area contributed by atoms with E-state index in [2.05, 4.69) is 4.98 Å². The van der Waals surface area contributed by atoms with Crippen LogP contribution in [0.15, 0.2) is 41.8 Å². The molecule has 0 unspecified atom stereocenters. The molecule has 6 heteroatoms. The summed E-state index contributed by atoms with van der Waals surface area (Å²) in [5.41, 5.74) is 1.03. The molecule has 1 aromatic carbocycles. The summed E-state index contributed by atoms with van der Waals surface area (Å²) in [6, 6.07) is 6.98. The number of nitrogens with zero attached hydrogens (tertiary/aromatic N) is 3. The number of carbonyl (C=O) groups excluding carboxylic acids is 2. The van der Waals surface area contributed by atoms with Crippen LogP contribution in [-0.2, 0) is 7.05 Å². The second-order valence-electron chi connectivity index (χ2n) is 4.83. The van der Waals surface area contributed by atoms with Crippen LogP contribution in [0.4, 0.5) is 0 Å². The first kappa shape index (κ1) is 13.9. The maximum atomic E-state index is 12.2. The SMILES string of the molecule is Cn1ccnc1SCCCN1C(=O)c2ccccc2C1=O. The van der Waals surface area contributed by atoms with Crippen LogP contribution in [0.2, 0.25) is 0 Å². The number of rotatable bonds is 5. The number of aromatic nitrogens is 2. The number of amides is 2. The molecule has 2 amide bonds. The molecule has 1 aliphatic rings. The summed E-state index contributed by atoms with van der Waals surface area (Å²) < 4.78 is 1.95. The molecule has 0 saturated carbocycles. The Morgan fingerprint density at radius 2 is 1.81 bits per heavy atom. The zero-order valence-electron chi connectivity index (χ0n) is 11.7. The minimum absolute atomic E-state index is 0.183. The lowest BCUT2D eigenvalue weighted by atomic mass is 10.1. The Kier molecular flexibility index (Phi) is 3.79. The Morgan fingerprint density at radius 1 is 1.14 bits per heavy atom. The largest absolute Gasteiger partial charge is 0.329 e. The van der Waals surface area contributed by atoms with Crippen molar-refractivity contribution in [3.05, 3.63) is 47.8 Å². The highest BCUT2D eigenvalue weighted by molar-refractivity contribution is 7.99. The van der Waals surface area contributed by atoms with Gasteiger partial charge in [-0.1, -0.05) is 23.9 Å². The lowest BCUT2D eigenvalue weighted by Crippen LogP contribution is -2.31. The van der Waals surface area contributed by atoms with Gasteiger partial charge in [-0.15, -0.1) is 0 Å². The molecule has 2 aromatic rings. The minimum Gasteiger partial charge on any atom is -0.329 e. The number of thioether (sulfide) groups is 1. The molecular formula is C15H15N3O2S. The topological polar surface area (TPSA) is 55.2 Å². The molecule has 0 N–H and O–H groups in total. The smallest absolute Gasteiger partial charge is 0.261 e. The van der Waals surface area contributed by atoms with E-state index in [9.17, 15) is 9.59 Å². The van der Waals surface area contributed by atoms with Gasteiger partial charge in [0, 0.05) is 31.7 Å². The standard InChI is InChI=1S/C15H15N3O2S/c1-17-9-7-16-15(17)21-10-4-8-18-13(19)11-5-2-3-6-12(11)14(18)20/h2-3,5-7,9H,4,8,10H2,1H3. The number of hydrogen-bond donors (Lipinski definition) is 0. The van der Waals surface area contributed by atoms with Crippen LogP contribution in [-0.4, -0.2) is 38.6 Å². The van der Waals surface area contributed by atoms with Crippen LogP contribution >= 0.6 is 11.8 Å². The van der Waals surface area contributed by atoms with Gasteiger partial charge in [0.1, 0.15) is 0 Å². The Balaban J connectivity index is 1.56. The van der Waals surface area contributed by atoms with Crippen molar-refractivity contribution in [3.8, 4) is 0 Å². The van der Waals surface area contributed by atoms with E-state index in [1.165, 1.54) is 4.90 Å². The average molecular weight is 301 g/mol. The molecule has 0 aliphatic carbocycles. The second-order valence-corrected chi connectivity index (χ2v) is 5.89. The number of imidazole rings is 1. The van der Waals surface area contributed by atoms with Crippen LogP contribution in [0.25, 0.3) is 0 Å². The van der Waals surface area contributed by atoms with Gasteiger partial charge in [-0.3, -0.25) is 14.5 Å². The van der Waals surface area contributed by atoms with Crippen LogP contribution in [0.1, 0.15) is 27.1 Å². The molecule has 3 rings (SSSR count). The molecule has 21 heavy (non-hydrogen) atoms. The molecule has 2 heterocycles. The minimum atomic E-state index is -0.183. The zero-order valence-corrected chi connectivity index (χ0v) is 12.5.